The molecule has 4 rings (SSSR count). The summed E-state index contributed by atoms with van der Waals surface area (Å²) in [5.41, 5.74) is 0.848. The minimum atomic E-state index is -3.82. The molecule has 0 bridgehead atoms. The molecular formula is C25H23FN2O5S. The van der Waals surface area contributed by atoms with E-state index in [1.165, 1.54) is 46.8 Å². The lowest BCUT2D eigenvalue weighted by Gasteiger charge is -2.35. The number of ketones is 1. The molecule has 0 aromatic heterocycles. The lowest BCUT2D eigenvalue weighted by Crippen LogP contribution is -2.48. The molecule has 0 N–H and O–H groups in total. The zero-order valence-corrected chi connectivity index (χ0v) is 19.1. The van der Waals surface area contributed by atoms with E-state index >= 15 is 0 Å². The Hall–Kier alpha value is -3.56. The van der Waals surface area contributed by atoms with Gasteiger partial charge < -0.3 is 9.64 Å². The van der Waals surface area contributed by atoms with Gasteiger partial charge in [0.15, 0.2) is 6.61 Å². The number of anilines is 1. The van der Waals surface area contributed by atoms with E-state index in [0.717, 1.165) is 11.8 Å². The Morgan fingerprint density at radius 3 is 2.24 bits per heavy atom. The number of ether oxygens (including phenoxy) is 1. The summed E-state index contributed by atoms with van der Waals surface area (Å²) in [5.74, 6) is -2.26. The fourth-order valence-corrected chi connectivity index (χ4v) is 5.21. The highest BCUT2D eigenvalue weighted by molar-refractivity contribution is 7.89. The van der Waals surface area contributed by atoms with Crippen LogP contribution in [0.4, 0.5) is 10.1 Å². The van der Waals surface area contributed by atoms with Crippen LogP contribution in [0.15, 0.2) is 83.8 Å². The molecule has 9 heteroatoms. The standard InChI is InChI=1S/C25H23FN2O5S/c26-23-12-5-4-11-22(23)24(29)18-33-25(30)19-7-6-10-21(17-19)34(31,32)28-15-13-27(14-16-28)20-8-2-1-3-9-20/h1-12,17H,13-16,18H2. The van der Waals surface area contributed by atoms with Gasteiger partial charge in [0.25, 0.3) is 0 Å². The van der Waals surface area contributed by atoms with Crippen molar-refractivity contribution in [1.82, 2.24) is 4.31 Å². The molecule has 0 unspecified atom stereocenters. The number of rotatable bonds is 7. The molecule has 7 nitrogen and oxygen atoms in total. The Labute approximate surface area is 197 Å². The van der Waals surface area contributed by atoms with E-state index in [2.05, 4.69) is 4.90 Å². The number of esters is 1. The first-order valence-electron chi connectivity index (χ1n) is 10.7. The summed E-state index contributed by atoms with van der Waals surface area (Å²) in [5, 5.41) is 0. The van der Waals surface area contributed by atoms with E-state index in [0.29, 0.717) is 26.2 Å². The van der Waals surface area contributed by atoms with Crippen molar-refractivity contribution in [3.05, 3.63) is 95.8 Å². The third kappa shape index (κ3) is 5.16. The molecular weight excluding hydrogens is 459 g/mol. The Balaban J connectivity index is 1.40. The number of para-hydroxylation sites is 1. The Bertz CT molecular complexity index is 1290. The van der Waals surface area contributed by atoms with Crippen molar-refractivity contribution in [1.29, 1.82) is 0 Å². The molecule has 1 saturated heterocycles. The SMILES string of the molecule is O=C(OCC(=O)c1ccccc1F)c1cccc(S(=O)(=O)N2CCN(c3ccccc3)CC2)c1. The quantitative estimate of drug-likeness (QED) is 0.379. The van der Waals surface area contributed by atoms with Crippen molar-refractivity contribution in [3.63, 3.8) is 0 Å². The molecule has 1 aliphatic rings. The van der Waals surface area contributed by atoms with Gasteiger partial charge in [-0.2, -0.15) is 4.31 Å². The maximum Gasteiger partial charge on any atom is 0.338 e. The maximum absolute atomic E-state index is 13.7. The monoisotopic (exact) mass is 482 g/mol. The summed E-state index contributed by atoms with van der Waals surface area (Å²) in [6.07, 6.45) is 0. The molecule has 1 fully saturated rings. The zero-order chi connectivity index (χ0) is 24.1. The predicted molar refractivity (Wildman–Crippen MR) is 125 cm³/mol. The van der Waals surface area contributed by atoms with E-state index < -0.39 is 34.2 Å². The van der Waals surface area contributed by atoms with Crippen molar-refractivity contribution >= 4 is 27.5 Å². The summed E-state index contributed by atoms with van der Waals surface area (Å²) in [4.78, 5) is 26.7. The Morgan fingerprint density at radius 2 is 1.53 bits per heavy atom. The average molecular weight is 483 g/mol. The van der Waals surface area contributed by atoms with Gasteiger partial charge in [0.2, 0.25) is 15.8 Å². The summed E-state index contributed by atoms with van der Waals surface area (Å²) in [6, 6.07) is 20.7. The van der Waals surface area contributed by atoms with Crippen LogP contribution in [0.2, 0.25) is 0 Å². The van der Waals surface area contributed by atoms with Gasteiger partial charge in [-0.3, -0.25) is 4.79 Å². The minimum absolute atomic E-state index is 0.00895. The molecule has 0 spiro atoms. The van der Waals surface area contributed by atoms with Crippen LogP contribution in [-0.2, 0) is 14.8 Å². The summed E-state index contributed by atoms with van der Waals surface area (Å²) in [6.45, 7) is 1.05. The second-order valence-corrected chi connectivity index (χ2v) is 9.67. The topological polar surface area (TPSA) is 84.0 Å². The molecule has 34 heavy (non-hydrogen) atoms. The molecule has 0 aliphatic carbocycles. The smallest absolute Gasteiger partial charge is 0.338 e. The average Bonchev–Trinajstić information content (AvgIpc) is 2.88. The molecule has 0 amide bonds. The first-order chi connectivity index (χ1) is 16.4. The number of hydrogen-bond donors (Lipinski definition) is 0. The largest absolute Gasteiger partial charge is 0.454 e. The predicted octanol–water partition coefficient (Wildman–Crippen LogP) is 3.38. The van der Waals surface area contributed by atoms with Crippen molar-refractivity contribution in [2.75, 3.05) is 37.7 Å². The number of hydrogen-bond acceptors (Lipinski definition) is 6. The summed E-state index contributed by atoms with van der Waals surface area (Å²) >= 11 is 0. The number of benzene rings is 3. The van der Waals surface area contributed by atoms with E-state index in [4.69, 9.17) is 4.74 Å². The molecule has 0 atom stereocenters. The number of sulfonamides is 1. The first-order valence-corrected chi connectivity index (χ1v) is 12.2. The Morgan fingerprint density at radius 1 is 0.853 bits per heavy atom. The van der Waals surface area contributed by atoms with Crippen molar-refractivity contribution < 1.29 is 27.1 Å². The highest BCUT2D eigenvalue weighted by atomic mass is 32.2. The Kier molecular flexibility index (Phi) is 7.04. The number of nitrogens with zero attached hydrogens (tertiary/aromatic N) is 2. The number of carbonyl (C=O) groups excluding carboxylic acids is 2. The van der Waals surface area contributed by atoms with Gasteiger partial charge in [-0.05, 0) is 42.5 Å². The van der Waals surface area contributed by atoms with E-state index in [1.54, 1.807) is 0 Å². The number of Topliss-reactive ketones (excluding diaryl/α,β-unsaturated/α-hetero) is 1. The highest BCUT2D eigenvalue weighted by Crippen LogP contribution is 2.22. The number of carbonyl (C=O) groups is 2. The summed E-state index contributed by atoms with van der Waals surface area (Å²) < 4.78 is 46.4. The van der Waals surface area contributed by atoms with Crippen molar-refractivity contribution in [2.45, 2.75) is 4.90 Å². The van der Waals surface area contributed by atoms with Crippen LogP contribution in [0.3, 0.4) is 0 Å². The van der Waals surface area contributed by atoms with E-state index in [1.807, 2.05) is 30.3 Å². The summed E-state index contributed by atoms with van der Waals surface area (Å²) in [7, 11) is -3.82. The zero-order valence-electron chi connectivity index (χ0n) is 18.3. The van der Waals surface area contributed by atoms with Gasteiger partial charge in [-0.1, -0.05) is 36.4 Å². The lowest BCUT2D eigenvalue weighted by molar-refractivity contribution is 0.0473. The third-order valence-corrected chi connectivity index (χ3v) is 7.47. The van der Waals surface area contributed by atoms with Crippen LogP contribution >= 0.6 is 0 Å². The maximum atomic E-state index is 13.7. The van der Waals surface area contributed by atoms with Gasteiger partial charge in [-0.25, -0.2) is 17.6 Å². The molecule has 3 aromatic rings. The fourth-order valence-electron chi connectivity index (χ4n) is 3.74. The second kappa shape index (κ2) is 10.1. The van der Waals surface area contributed by atoms with Crippen LogP contribution in [-0.4, -0.2) is 57.3 Å². The molecule has 3 aromatic carbocycles. The molecule has 0 saturated carbocycles. The molecule has 176 valence electrons. The van der Waals surface area contributed by atoms with Gasteiger partial charge in [0, 0.05) is 31.9 Å². The third-order valence-electron chi connectivity index (χ3n) is 5.58. The minimum Gasteiger partial charge on any atom is -0.454 e. The highest BCUT2D eigenvalue weighted by Gasteiger charge is 2.29. The van der Waals surface area contributed by atoms with Gasteiger partial charge in [0.1, 0.15) is 5.82 Å². The van der Waals surface area contributed by atoms with Gasteiger partial charge in [-0.15, -0.1) is 0 Å². The second-order valence-electron chi connectivity index (χ2n) is 7.73. The number of halogens is 1. The van der Waals surface area contributed by atoms with Gasteiger partial charge >= 0.3 is 5.97 Å². The van der Waals surface area contributed by atoms with E-state index in [9.17, 15) is 22.4 Å². The molecule has 1 heterocycles. The molecule has 1 aliphatic heterocycles. The lowest BCUT2D eigenvalue weighted by atomic mass is 10.1. The van der Waals surface area contributed by atoms with Crippen LogP contribution in [0, 0.1) is 5.82 Å². The van der Waals surface area contributed by atoms with Crippen molar-refractivity contribution in [3.8, 4) is 0 Å². The number of piperazine rings is 1. The van der Waals surface area contributed by atoms with Crippen LogP contribution in [0.1, 0.15) is 20.7 Å². The normalized spacial score (nSPS) is 14.6. The van der Waals surface area contributed by atoms with Crippen LogP contribution < -0.4 is 4.90 Å². The first kappa shape index (κ1) is 23.6. The van der Waals surface area contributed by atoms with Crippen LogP contribution in [0.5, 0.6) is 0 Å². The fraction of sp³-hybridized carbons (Fsp3) is 0.200. The van der Waals surface area contributed by atoms with E-state index in [-0.39, 0.29) is 16.0 Å². The van der Waals surface area contributed by atoms with Gasteiger partial charge in [0.05, 0.1) is 16.0 Å². The van der Waals surface area contributed by atoms with Crippen LogP contribution in [0.25, 0.3) is 0 Å². The molecule has 0 radical (unpaired) electrons. The van der Waals surface area contributed by atoms with Crippen molar-refractivity contribution in [2.24, 2.45) is 0 Å².